The SMILES string of the molecule is CC(Nc1ccnc(NN)n1)c1cccs1. The van der Waals surface area contributed by atoms with E-state index in [0.29, 0.717) is 5.95 Å². The number of nitrogens with one attached hydrogen (secondary N) is 2. The van der Waals surface area contributed by atoms with Crippen molar-refractivity contribution in [1.82, 2.24) is 9.97 Å². The van der Waals surface area contributed by atoms with Crippen LogP contribution in [0.2, 0.25) is 0 Å². The smallest absolute Gasteiger partial charge is 0.239 e. The molecule has 0 radical (unpaired) electrons. The van der Waals surface area contributed by atoms with Gasteiger partial charge in [0, 0.05) is 11.1 Å². The summed E-state index contributed by atoms with van der Waals surface area (Å²) in [6.07, 6.45) is 1.66. The Labute approximate surface area is 97.7 Å². The van der Waals surface area contributed by atoms with E-state index in [-0.39, 0.29) is 6.04 Å². The summed E-state index contributed by atoms with van der Waals surface area (Å²) < 4.78 is 0. The van der Waals surface area contributed by atoms with Crippen LogP contribution >= 0.6 is 11.3 Å². The van der Waals surface area contributed by atoms with Crippen LogP contribution in [0.1, 0.15) is 17.8 Å². The van der Waals surface area contributed by atoms with Crippen molar-refractivity contribution >= 4 is 23.1 Å². The van der Waals surface area contributed by atoms with Gasteiger partial charge >= 0.3 is 0 Å². The number of nitrogens with zero attached hydrogens (tertiary/aromatic N) is 2. The van der Waals surface area contributed by atoms with Crippen molar-refractivity contribution in [3.8, 4) is 0 Å². The molecule has 0 spiro atoms. The molecule has 0 saturated carbocycles. The van der Waals surface area contributed by atoms with Crippen molar-refractivity contribution in [3.63, 3.8) is 0 Å². The fraction of sp³-hybridized carbons (Fsp3) is 0.200. The summed E-state index contributed by atoms with van der Waals surface area (Å²) in [4.78, 5) is 9.40. The van der Waals surface area contributed by atoms with Gasteiger partial charge in [-0.15, -0.1) is 11.3 Å². The highest BCUT2D eigenvalue weighted by Crippen LogP contribution is 2.22. The van der Waals surface area contributed by atoms with Crippen molar-refractivity contribution in [2.24, 2.45) is 5.84 Å². The first kappa shape index (κ1) is 10.8. The van der Waals surface area contributed by atoms with Crippen LogP contribution in [0.5, 0.6) is 0 Å². The number of anilines is 2. The molecule has 0 amide bonds. The van der Waals surface area contributed by atoms with Crippen molar-refractivity contribution in [2.75, 3.05) is 10.7 Å². The number of nitrogens with two attached hydrogens (primary N) is 1. The van der Waals surface area contributed by atoms with Gasteiger partial charge in [-0.05, 0) is 24.4 Å². The third-order valence-corrected chi connectivity index (χ3v) is 3.17. The molecule has 2 rings (SSSR count). The molecule has 0 aliphatic carbocycles. The topological polar surface area (TPSA) is 75.9 Å². The third kappa shape index (κ3) is 2.47. The van der Waals surface area contributed by atoms with E-state index in [2.05, 4.69) is 39.1 Å². The molecule has 2 heterocycles. The zero-order chi connectivity index (χ0) is 11.4. The number of nitrogen functional groups attached to an aromatic ring is 1. The minimum absolute atomic E-state index is 0.223. The minimum atomic E-state index is 0.223. The van der Waals surface area contributed by atoms with Crippen molar-refractivity contribution in [1.29, 1.82) is 0 Å². The van der Waals surface area contributed by atoms with Gasteiger partial charge in [-0.2, -0.15) is 4.98 Å². The lowest BCUT2D eigenvalue weighted by Crippen LogP contribution is -2.12. The normalized spacial score (nSPS) is 12.1. The first-order chi connectivity index (χ1) is 7.79. The molecule has 84 valence electrons. The van der Waals surface area contributed by atoms with Crippen LogP contribution in [0.15, 0.2) is 29.8 Å². The van der Waals surface area contributed by atoms with Gasteiger partial charge in [-0.1, -0.05) is 6.07 Å². The lowest BCUT2D eigenvalue weighted by Gasteiger charge is -2.12. The van der Waals surface area contributed by atoms with Crippen LogP contribution in [-0.2, 0) is 0 Å². The van der Waals surface area contributed by atoms with E-state index >= 15 is 0 Å². The van der Waals surface area contributed by atoms with E-state index in [1.54, 1.807) is 17.5 Å². The fourth-order valence-electron chi connectivity index (χ4n) is 1.34. The summed E-state index contributed by atoms with van der Waals surface area (Å²) in [5.41, 5.74) is 2.42. The Balaban J connectivity index is 2.08. The van der Waals surface area contributed by atoms with Crippen LogP contribution in [0, 0.1) is 0 Å². The van der Waals surface area contributed by atoms with Crippen LogP contribution in [0.3, 0.4) is 0 Å². The number of hydrazine groups is 1. The molecule has 5 nitrogen and oxygen atoms in total. The molecule has 4 N–H and O–H groups in total. The molecule has 0 saturated heterocycles. The van der Waals surface area contributed by atoms with E-state index in [1.807, 2.05) is 12.1 Å². The predicted molar refractivity (Wildman–Crippen MR) is 66.2 cm³/mol. The molecule has 2 aromatic rings. The maximum Gasteiger partial charge on any atom is 0.239 e. The van der Waals surface area contributed by atoms with Crippen LogP contribution in [0.4, 0.5) is 11.8 Å². The molecule has 1 unspecified atom stereocenters. The Kier molecular flexibility index (Phi) is 3.33. The van der Waals surface area contributed by atoms with Gasteiger partial charge in [0.25, 0.3) is 0 Å². The molecule has 0 bridgehead atoms. The molecule has 0 aliphatic heterocycles. The van der Waals surface area contributed by atoms with E-state index in [1.165, 1.54) is 4.88 Å². The standard InChI is InChI=1S/C10H13N5S/c1-7(8-3-2-6-16-8)13-9-4-5-12-10(14-9)15-11/h2-7H,11H2,1H3,(H2,12,13,14,15). The molecule has 0 aliphatic rings. The van der Waals surface area contributed by atoms with Gasteiger partial charge in [0.05, 0.1) is 6.04 Å². The molecule has 6 heteroatoms. The number of rotatable bonds is 4. The number of hydrogen-bond donors (Lipinski definition) is 3. The predicted octanol–water partition coefficient (Wildman–Crippen LogP) is 2.00. The molecular weight excluding hydrogens is 222 g/mol. The second kappa shape index (κ2) is 4.91. The summed E-state index contributed by atoms with van der Waals surface area (Å²) in [7, 11) is 0. The molecule has 16 heavy (non-hydrogen) atoms. The lowest BCUT2D eigenvalue weighted by molar-refractivity contribution is 0.893. The molecule has 0 fully saturated rings. The van der Waals surface area contributed by atoms with E-state index < -0.39 is 0 Å². The first-order valence-electron chi connectivity index (χ1n) is 4.89. The molecule has 1 atom stereocenters. The second-order valence-corrected chi connectivity index (χ2v) is 4.27. The van der Waals surface area contributed by atoms with Gasteiger partial charge in [0.15, 0.2) is 0 Å². The Bertz CT molecular complexity index is 442. The van der Waals surface area contributed by atoms with Gasteiger partial charge in [-0.3, -0.25) is 5.43 Å². The number of hydrogen-bond acceptors (Lipinski definition) is 6. The van der Waals surface area contributed by atoms with Crippen LogP contribution in [-0.4, -0.2) is 9.97 Å². The average molecular weight is 235 g/mol. The van der Waals surface area contributed by atoms with E-state index in [4.69, 9.17) is 5.84 Å². The molecular formula is C10H13N5S. The van der Waals surface area contributed by atoms with E-state index in [9.17, 15) is 0 Å². The summed E-state index contributed by atoms with van der Waals surface area (Å²) in [6.45, 7) is 2.09. The van der Waals surface area contributed by atoms with Gasteiger partial charge in [0.1, 0.15) is 5.82 Å². The van der Waals surface area contributed by atoms with Gasteiger partial charge in [0.2, 0.25) is 5.95 Å². The Morgan fingerprint density at radius 3 is 3.00 bits per heavy atom. The Morgan fingerprint density at radius 2 is 2.31 bits per heavy atom. The van der Waals surface area contributed by atoms with Gasteiger partial charge < -0.3 is 5.32 Å². The van der Waals surface area contributed by atoms with Crippen molar-refractivity contribution in [3.05, 3.63) is 34.7 Å². The minimum Gasteiger partial charge on any atom is -0.363 e. The maximum absolute atomic E-state index is 5.24. The zero-order valence-corrected chi connectivity index (χ0v) is 9.66. The monoisotopic (exact) mass is 235 g/mol. The lowest BCUT2D eigenvalue weighted by atomic mass is 10.3. The average Bonchev–Trinajstić information content (AvgIpc) is 2.83. The maximum atomic E-state index is 5.24. The van der Waals surface area contributed by atoms with Gasteiger partial charge in [-0.25, -0.2) is 10.8 Å². The number of thiophene rings is 1. The number of aromatic nitrogens is 2. The summed E-state index contributed by atoms with van der Waals surface area (Å²) in [5.74, 6) is 6.40. The Hall–Kier alpha value is -1.66. The summed E-state index contributed by atoms with van der Waals surface area (Å²) in [5, 5.41) is 5.34. The fourth-order valence-corrected chi connectivity index (χ4v) is 2.07. The van der Waals surface area contributed by atoms with E-state index in [0.717, 1.165) is 5.82 Å². The molecule has 2 aromatic heterocycles. The third-order valence-electron chi connectivity index (χ3n) is 2.12. The van der Waals surface area contributed by atoms with Crippen molar-refractivity contribution < 1.29 is 0 Å². The summed E-state index contributed by atoms with van der Waals surface area (Å²) in [6, 6.07) is 6.15. The highest BCUT2D eigenvalue weighted by molar-refractivity contribution is 7.10. The van der Waals surface area contributed by atoms with Crippen LogP contribution < -0.4 is 16.6 Å². The highest BCUT2D eigenvalue weighted by atomic mass is 32.1. The zero-order valence-electron chi connectivity index (χ0n) is 8.84. The Morgan fingerprint density at radius 1 is 1.44 bits per heavy atom. The summed E-state index contributed by atoms with van der Waals surface area (Å²) >= 11 is 1.71. The van der Waals surface area contributed by atoms with Crippen molar-refractivity contribution in [2.45, 2.75) is 13.0 Å². The molecule has 0 aromatic carbocycles. The first-order valence-corrected chi connectivity index (χ1v) is 5.77. The second-order valence-electron chi connectivity index (χ2n) is 3.29. The highest BCUT2D eigenvalue weighted by Gasteiger charge is 2.07. The largest absolute Gasteiger partial charge is 0.363 e. The van der Waals surface area contributed by atoms with Crippen LogP contribution in [0.25, 0.3) is 0 Å². The quantitative estimate of drug-likeness (QED) is 0.558.